The Morgan fingerprint density at radius 1 is 1.11 bits per heavy atom. The zero-order chi connectivity index (χ0) is 14.2. The molecule has 0 aliphatic heterocycles. The van der Waals surface area contributed by atoms with Gasteiger partial charge in [0.2, 0.25) is 5.91 Å². The number of halogens is 3. The average Bonchev–Trinajstić information content (AvgIpc) is 2.20. The minimum atomic E-state index is -4.28. The van der Waals surface area contributed by atoms with Crippen molar-refractivity contribution in [1.82, 2.24) is 10.6 Å². The van der Waals surface area contributed by atoms with Crippen LogP contribution >= 0.6 is 0 Å². The molecular formula is C9H13F3N2O4. The van der Waals surface area contributed by atoms with E-state index in [4.69, 9.17) is 5.11 Å². The lowest BCUT2D eigenvalue weighted by Gasteiger charge is -2.07. The SMILES string of the molecule is O=C(O)CCC(=O)NC(=O)NCCCC(F)(F)F. The van der Waals surface area contributed by atoms with Crippen LogP contribution in [-0.2, 0) is 9.59 Å². The summed E-state index contributed by atoms with van der Waals surface area (Å²) in [5, 5.41) is 12.1. The van der Waals surface area contributed by atoms with Gasteiger partial charge in [-0.3, -0.25) is 14.9 Å². The summed E-state index contributed by atoms with van der Waals surface area (Å²) in [4.78, 5) is 32.0. The zero-order valence-corrected chi connectivity index (χ0v) is 9.34. The van der Waals surface area contributed by atoms with Gasteiger partial charge < -0.3 is 10.4 Å². The summed E-state index contributed by atoms with van der Waals surface area (Å²) in [5.41, 5.74) is 0. The van der Waals surface area contributed by atoms with Gasteiger partial charge in [0.25, 0.3) is 0 Å². The Morgan fingerprint density at radius 2 is 1.72 bits per heavy atom. The maximum absolute atomic E-state index is 11.7. The highest BCUT2D eigenvalue weighted by molar-refractivity contribution is 5.95. The van der Waals surface area contributed by atoms with Crippen LogP contribution in [-0.4, -0.2) is 35.7 Å². The molecule has 9 heteroatoms. The van der Waals surface area contributed by atoms with Crippen molar-refractivity contribution < 1.29 is 32.7 Å². The number of hydrogen-bond acceptors (Lipinski definition) is 3. The van der Waals surface area contributed by atoms with Crippen LogP contribution in [0.15, 0.2) is 0 Å². The molecule has 0 fully saturated rings. The van der Waals surface area contributed by atoms with Gasteiger partial charge in [-0.05, 0) is 6.42 Å². The Balaban J connectivity index is 3.65. The summed E-state index contributed by atoms with van der Waals surface area (Å²) in [6, 6.07) is -0.937. The summed E-state index contributed by atoms with van der Waals surface area (Å²) < 4.78 is 35.2. The summed E-state index contributed by atoms with van der Waals surface area (Å²) >= 11 is 0. The summed E-state index contributed by atoms with van der Waals surface area (Å²) in [5.74, 6) is -1.98. The van der Waals surface area contributed by atoms with E-state index < -0.39 is 36.9 Å². The second-order valence-electron chi connectivity index (χ2n) is 3.42. The summed E-state index contributed by atoms with van der Waals surface area (Å²) in [6.07, 6.45) is -6.39. The van der Waals surface area contributed by atoms with Crippen LogP contribution < -0.4 is 10.6 Å². The van der Waals surface area contributed by atoms with Crippen molar-refractivity contribution >= 4 is 17.9 Å². The van der Waals surface area contributed by atoms with Crippen molar-refractivity contribution in [2.24, 2.45) is 0 Å². The Kier molecular flexibility index (Phi) is 6.76. The third-order valence-corrected chi connectivity index (χ3v) is 1.74. The second kappa shape index (κ2) is 7.51. The molecule has 0 spiro atoms. The molecule has 18 heavy (non-hydrogen) atoms. The van der Waals surface area contributed by atoms with E-state index in [1.807, 2.05) is 0 Å². The number of hydrogen-bond donors (Lipinski definition) is 3. The minimum absolute atomic E-state index is 0.225. The Hall–Kier alpha value is -1.80. The second-order valence-corrected chi connectivity index (χ2v) is 3.42. The lowest BCUT2D eigenvalue weighted by molar-refractivity contribution is -0.138. The van der Waals surface area contributed by atoms with Crippen molar-refractivity contribution in [1.29, 1.82) is 0 Å². The van der Waals surface area contributed by atoms with E-state index in [0.29, 0.717) is 0 Å². The molecule has 0 aromatic rings. The molecule has 0 aliphatic rings. The first-order valence-electron chi connectivity index (χ1n) is 5.07. The van der Waals surface area contributed by atoms with Crippen LogP contribution in [0.25, 0.3) is 0 Å². The van der Waals surface area contributed by atoms with Crippen molar-refractivity contribution in [3.8, 4) is 0 Å². The lowest BCUT2D eigenvalue weighted by Crippen LogP contribution is -2.40. The predicted molar refractivity (Wildman–Crippen MR) is 53.7 cm³/mol. The van der Waals surface area contributed by atoms with E-state index in [9.17, 15) is 27.6 Å². The largest absolute Gasteiger partial charge is 0.481 e. The molecule has 104 valence electrons. The molecular weight excluding hydrogens is 257 g/mol. The Bertz CT molecular complexity index is 317. The van der Waals surface area contributed by atoms with Crippen LogP contribution in [0.4, 0.5) is 18.0 Å². The van der Waals surface area contributed by atoms with Gasteiger partial charge in [-0.25, -0.2) is 4.79 Å². The standard InChI is InChI=1S/C9H13F3N2O4/c10-9(11,12)4-1-5-13-8(18)14-6(15)2-3-7(16)17/h1-5H2,(H,16,17)(H2,13,14,15,18). The number of carbonyl (C=O) groups is 3. The fourth-order valence-electron chi connectivity index (χ4n) is 0.945. The predicted octanol–water partition coefficient (Wildman–Crippen LogP) is 1.02. The van der Waals surface area contributed by atoms with Gasteiger partial charge >= 0.3 is 18.2 Å². The third-order valence-electron chi connectivity index (χ3n) is 1.74. The van der Waals surface area contributed by atoms with Gasteiger partial charge in [0.1, 0.15) is 0 Å². The third kappa shape index (κ3) is 10.7. The van der Waals surface area contributed by atoms with E-state index >= 15 is 0 Å². The molecule has 6 nitrogen and oxygen atoms in total. The topological polar surface area (TPSA) is 95.5 Å². The Morgan fingerprint density at radius 3 is 2.22 bits per heavy atom. The fraction of sp³-hybridized carbons (Fsp3) is 0.667. The fourth-order valence-corrected chi connectivity index (χ4v) is 0.945. The van der Waals surface area contributed by atoms with Gasteiger partial charge in [-0.15, -0.1) is 0 Å². The van der Waals surface area contributed by atoms with E-state index in [1.54, 1.807) is 5.32 Å². The molecule has 3 N–H and O–H groups in total. The average molecular weight is 270 g/mol. The van der Waals surface area contributed by atoms with Gasteiger partial charge in [0.15, 0.2) is 0 Å². The molecule has 0 bridgehead atoms. The zero-order valence-electron chi connectivity index (χ0n) is 9.34. The first-order valence-corrected chi connectivity index (χ1v) is 5.07. The molecule has 0 heterocycles. The number of carboxylic acid groups (broad SMARTS) is 1. The molecule has 0 saturated heterocycles. The highest BCUT2D eigenvalue weighted by Crippen LogP contribution is 2.20. The molecule has 0 rings (SSSR count). The number of carbonyl (C=O) groups excluding carboxylic acids is 2. The quantitative estimate of drug-likeness (QED) is 0.628. The first kappa shape index (κ1) is 16.2. The molecule has 0 aromatic carbocycles. The number of alkyl halides is 3. The van der Waals surface area contributed by atoms with Crippen molar-refractivity contribution in [2.45, 2.75) is 31.9 Å². The van der Waals surface area contributed by atoms with Gasteiger partial charge in [0.05, 0.1) is 6.42 Å². The number of aliphatic carboxylic acids is 1. The van der Waals surface area contributed by atoms with Crippen molar-refractivity contribution in [2.75, 3.05) is 6.54 Å². The van der Waals surface area contributed by atoms with E-state index in [0.717, 1.165) is 0 Å². The van der Waals surface area contributed by atoms with Gasteiger partial charge in [0, 0.05) is 19.4 Å². The Labute approximate surface area is 101 Å². The van der Waals surface area contributed by atoms with Crippen LogP contribution in [0.1, 0.15) is 25.7 Å². The van der Waals surface area contributed by atoms with Crippen LogP contribution in [0.3, 0.4) is 0 Å². The lowest BCUT2D eigenvalue weighted by atomic mass is 10.3. The molecule has 0 unspecified atom stereocenters. The van der Waals surface area contributed by atoms with Gasteiger partial charge in [-0.1, -0.05) is 0 Å². The maximum Gasteiger partial charge on any atom is 0.389 e. The van der Waals surface area contributed by atoms with Crippen LogP contribution in [0, 0.1) is 0 Å². The van der Waals surface area contributed by atoms with E-state index in [2.05, 4.69) is 5.32 Å². The highest BCUT2D eigenvalue weighted by atomic mass is 19.4. The minimum Gasteiger partial charge on any atom is -0.481 e. The molecule has 0 aromatic heterocycles. The van der Waals surface area contributed by atoms with Crippen molar-refractivity contribution in [3.63, 3.8) is 0 Å². The number of amides is 3. The van der Waals surface area contributed by atoms with Gasteiger partial charge in [-0.2, -0.15) is 13.2 Å². The number of urea groups is 1. The number of rotatable bonds is 6. The highest BCUT2D eigenvalue weighted by Gasteiger charge is 2.25. The molecule has 3 amide bonds. The van der Waals surface area contributed by atoms with E-state index in [-0.39, 0.29) is 19.4 Å². The number of carboxylic acids is 1. The molecule has 0 aliphatic carbocycles. The normalized spacial score (nSPS) is 10.8. The first-order chi connectivity index (χ1) is 8.20. The molecule has 0 atom stereocenters. The van der Waals surface area contributed by atoms with Crippen LogP contribution in [0.2, 0.25) is 0 Å². The monoisotopic (exact) mass is 270 g/mol. The number of nitrogens with one attached hydrogen (secondary N) is 2. The smallest absolute Gasteiger partial charge is 0.389 e. The van der Waals surface area contributed by atoms with Crippen molar-refractivity contribution in [3.05, 3.63) is 0 Å². The molecule has 0 radical (unpaired) electrons. The van der Waals surface area contributed by atoms with Crippen LogP contribution in [0.5, 0.6) is 0 Å². The maximum atomic E-state index is 11.7. The molecule has 0 saturated carbocycles. The number of imide groups is 1. The summed E-state index contributed by atoms with van der Waals surface area (Å²) in [6.45, 7) is -0.225. The van der Waals surface area contributed by atoms with E-state index in [1.165, 1.54) is 0 Å². The summed E-state index contributed by atoms with van der Waals surface area (Å²) in [7, 11) is 0.